The minimum atomic E-state index is -0.864. The van der Waals surface area contributed by atoms with E-state index in [-0.39, 0.29) is 17.7 Å². The number of carboxylic acids is 1. The van der Waals surface area contributed by atoms with Gasteiger partial charge >= 0.3 is 5.97 Å². The summed E-state index contributed by atoms with van der Waals surface area (Å²) < 4.78 is 0. The Balaban J connectivity index is 2.85. The summed E-state index contributed by atoms with van der Waals surface area (Å²) in [5.41, 5.74) is 0. The predicted octanol–water partition coefficient (Wildman–Crippen LogP) is 2.13. The fourth-order valence-corrected chi connectivity index (χ4v) is 2.68. The van der Waals surface area contributed by atoms with Crippen LogP contribution < -0.4 is 0 Å². The quantitative estimate of drug-likeness (QED) is 0.820. The van der Waals surface area contributed by atoms with Crippen molar-refractivity contribution < 1.29 is 14.7 Å². The van der Waals surface area contributed by atoms with Crippen molar-refractivity contribution in [2.24, 2.45) is 11.8 Å². The fraction of sp³-hybridized carbons (Fsp3) is 0.846. The van der Waals surface area contributed by atoms with Gasteiger partial charge in [0.25, 0.3) is 0 Å². The zero-order valence-electron chi connectivity index (χ0n) is 11.0. The van der Waals surface area contributed by atoms with Crippen molar-refractivity contribution in [3.63, 3.8) is 0 Å². The van der Waals surface area contributed by atoms with Crippen LogP contribution in [0, 0.1) is 11.8 Å². The van der Waals surface area contributed by atoms with Crippen molar-refractivity contribution in [2.75, 3.05) is 6.54 Å². The first kappa shape index (κ1) is 14.0. The van der Waals surface area contributed by atoms with Crippen LogP contribution in [0.5, 0.6) is 0 Å². The van der Waals surface area contributed by atoms with Crippen LogP contribution in [0.2, 0.25) is 0 Å². The highest BCUT2D eigenvalue weighted by Crippen LogP contribution is 2.26. The summed E-state index contributed by atoms with van der Waals surface area (Å²) in [6, 6.07) is -0.628. The van der Waals surface area contributed by atoms with Gasteiger partial charge < -0.3 is 10.0 Å². The molecule has 1 heterocycles. The van der Waals surface area contributed by atoms with Gasteiger partial charge in [0.15, 0.2) is 0 Å². The average molecular weight is 241 g/mol. The van der Waals surface area contributed by atoms with E-state index in [0.29, 0.717) is 6.54 Å². The molecule has 0 aromatic carbocycles. The molecule has 0 bridgehead atoms. The normalized spacial score (nSPS) is 25.1. The molecule has 1 aliphatic rings. The van der Waals surface area contributed by atoms with Gasteiger partial charge in [-0.05, 0) is 31.6 Å². The lowest BCUT2D eigenvalue weighted by Crippen LogP contribution is -2.53. The highest BCUT2D eigenvalue weighted by molar-refractivity contribution is 5.85. The second-order valence-electron chi connectivity index (χ2n) is 4.95. The smallest absolute Gasteiger partial charge is 0.326 e. The molecule has 4 nitrogen and oxygen atoms in total. The third kappa shape index (κ3) is 2.99. The molecule has 1 saturated heterocycles. The van der Waals surface area contributed by atoms with Crippen LogP contribution in [-0.2, 0) is 9.59 Å². The Morgan fingerprint density at radius 2 is 1.94 bits per heavy atom. The predicted molar refractivity (Wildman–Crippen MR) is 65.6 cm³/mol. The molecule has 4 heteroatoms. The largest absolute Gasteiger partial charge is 0.480 e. The van der Waals surface area contributed by atoms with Crippen LogP contribution in [0.4, 0.5) is 0 Å². The molecule has 0 aliphatic carbocycles. The lowest BCUT2D eigenvalue weighted by atomic mass is 9.89. The standard InChI is InChI=1S/C13H23NO3/c1-4-10(5-2)12(15)14-8-6-7-9(3)11(14)13(16)17/h9-11H,4-8H2,1-3H3,(H,16,17). The summed E-state index contributed by atoms with van der Waals surface area (Å²) >= 11 is 0. The van der Waals surface area contributed by atoms with Gasteiger partial charge in [0.05, 0.1) is 0 Å². The van der Waals surface area contributed by atoms with E-state index >= 15 is 0 Å². The van der Waals surface area contributed by atoms with E-state index in [4.69, 9.17) is 0 Å². The molecule has 1 amide bonds. The van der Waals surface area contributed by atoms with Gasteiger partial charge in [0.2, 0.25) is 5.91 Å². The van der Waals surface area contributed by atoms with Crippen molar-refractivity contribution in [1.82, 2.24) is 4.90 Å². The molecule has 17 heavy (non-hydrogen) atoms. The summed E-state index contributed by atoms with van der Waals surface area (Å²) in [7, 11) is 0. The van der Waals surface area contributed by atoms with E-state index in [1.54, 1.807) is 4.90 Å². The van der Waals surface area contributed by atoms with Crippen molar-refractivity contribution >= 4 is 11.9 Å². The van der Waals surface area contributed by atoms with Gasteiger partial charge in [-0.25, -0.2) is 4.79 Å². The molecule has 0 spiro atoms. The summed E-state index contributed by atoms with van der Waals surface area (Å²) in [5, 5.41) is 9.26. The molecule has 1 N–H and O–H groups in total. The maximum atomic E-state index is 12.3. The van der Waals surface area contributed by atoms with Crippen LogP contribution in [0.25, 0.3) is 0 Å². The molecule has 0 saturated carbocycles. The first-order valence-electron chi connectivity index (χ1n) is 6.56. The Morgan fingerprint density at radius 1 is 1.35 bits per heavy atom. The number of carboxylic acid groups (broad SMARTS) is 1. The lowest BCUT2D eigenvalue weighted by molar-refractivity contribution is -0.156. The average Bonchev–Trinajstić information content (AvgIpc) is 2.29. The Bertz CT molecular complexity index is 286. The molecule has 2 atom stereocenters. The number of rotatable bonds is 4. The zero-order valence-corrected chi connectivity index (χ0v) is 11.0. The Hall–Kier alpha value is -1.06. The number of nitrogens with zero attached hydrogens (tertiary/aromatic N) is 1. The van der Waals surface area contributed by atoms with E-state index in [1.807, 2.05) is 20.8 Å². The molecule has 0 aromatic rings. The van der Waals surface area contributed by atoms with Crippen molar-refractivity contribution in [3.05, 3.63) is 0 Å². The minimum absolute atomic E-state index is 0.0222. The molecule has 0 aromatic heterocycles. The van der Waals surface area contributed by atoms with Gasteiger partial charge in [-0.15, -0.1) is 0 Å². The number of piperidine rings is 1. The van der Waals surface area contributed by atoms with E-state index < -0.39 is 12.0 Å². The van der Waals surface area contributed by atoms with Gasteiger partial charge in [-0.3, -0.25) is 4.79 Å². The van der Waals surface area contributed by atoms with E-state index in [0.717, 1.165) is 25.7 Å². The van der Waals surface area contributed by atoms with E-state index in [2.05, 4.69) is 0 Å². The number of carbonyl (C=O) groups excluding carboxylic acids is 1. The Kier molecular flexibility index (Phi) is 4.97. The number of likely N-dealkylation sites (tertiary alicyclic amines) is 1. The highest BCUT2D eigenvalue weighted by Gasteiger charge is 2.38. The molecule has 1 fully saturated rings. The summed E-state index contributed by atoms with van der Waals surface area (Å²) in [5.74, 6) is -0.813. The second-order valence-corrected chi connectivity index (χ2v) is 4.95. The molecular formula is C13H23NO3. The highest BCUT2D eigenvalue weighted by atomic mass is 16.4. The fourth-order valence-electron chi connectivity index (χ4n) is 2.68. The van der Waals surface area contributed by atoms with E-state index in [1.165, 1.54) is 0 Å². The van der Waals surface area contributed by atoms with Crippen LogP contribution in [0.15, 0.2) is 0 Å². The molecule has 1 rings (SSSR count). The molecule has 98 valence electrons. The second kappa shape index (κ2) is 6.03. The van der Waals surface area contributed by atoms with Crippen LogP contribution in [0.3, 0.4) is 0 Å². The SMILES string of the molecule is CCC(CC)C(=O)N1CCCC(C)C1C(=O)O. The van der Waals surface area contributed by atoms with Crippen molar-refractivity contribution in [3.8, 4) is 0 Å². The van der Waals surface area contributed by atoms with Crippen LogP contribution in [-0.4, -0.2) is 34.5 Å². The maximum Gasteiger partial charge on any atom is 0.326 e. The van der Waals surface area contributed by atoms with Gasteiger partial charge in [-0.2, -0.15) is 0 Å². The lowest BCUT2D eigenvalue weighted by Gasteiger charge is -2.38. The maximum absolute atomic E-state index is 12.3. The number of hydrogen-bond donors (Lipinski definition) is 1. The Labute approximate surface area is 103 Å². The van der Waals surface area contributed by atoms with Gasteiger partial charge in [0, 0.05) is 12.5 Å². The summed E-state index contributed by atoms with van der Waals surface area (Å²) in [4.78, 5) is 25.2. The number of carbonyl (C=O) groups is 2. The molecule has 2 unspecified atom stereocenters. The van der Waals surface area contributed by atoms with Gasteiger partial charge in [-0.1, -0.05) is 20.8 Å². The first-order chi connectivity index (χ1) is 8.02. The number of amides is 1. The Morgan fingerprint density at radius 3 is 2.41 bits per heavy atom. The molecule has 1 aliphatic heterocycles. The van der Waals surface area contributed by atoms with Crippen LogP contribution >= 0.6 is 0 Å². The first-order valence-corrected chi connectivity index (χ1v) is 6.56. The zero-order chi connectivity index (χ0) is 13.0. The molecular weight excluding hydrogens is 218 g/mol. The van der Waals surface area contributed by atoms with Gasteiger partial charge in [0.1, 0.15) is 6.04 Å². The van der Waals surface area contributed by atoms with Crippen LogP contribution in [0.1, 0.15) is 46.5 Å². The topological polar surface area (TPSA) is 57.6 Å². The van der Waals surface area contributed by atoms with E-state index in [9.17, 15) is 14.7 Å². The monoisotopic (exact) mass is 241 g/mol. The third-order valence-corrected chi connectivity index (χ3v) is 3.80. The summed E-state index contributed by atoms with van der Waals surface area (Å²) in [6.45, 7) is 6.48. The minimum Gasteiger partial charge on any atom is -0.480 e. The van der Waals surface area contributed by atoms with Crippen molar-refractivity contribution in [1.29, 1.82) is 0 Å². The number of aliphatic carboxylic acids is 1. The van der Waals surface area contributed by atoms with Crippen molar-refractivity contribution in [2.45, 2.75) is 52.5 Å². The summed E-state index contributed by atoms with van der Waals surface area (Å²) in [6.07, 6.45) is 3.37. The third-order valence-electron chi connectivity index (χ3n) is 3.80. The number of hydrogen-bond acceptors (Lipinski definition) is 2. The molecule has 0 radical (unpaired) electrons.